The van der Waals surface area contributed by atoms with Crippen LogP contribution >= 0.6 is 0 Å². The van der Waals surface area contributed by atoms with E-state index in [2.05, 4.69) is 46.6 Å². The summed E-state index contributed by atoms with van der Waals surface area (Å²) in [4.78, 5) is 9.03. The van der Waals surface area contributed by atoms with Gasteiger partial charge in [-0.25, -0.2) is 4.98 Å². The molecule has 0 bridgehead atoms. The van der Waals surface area contributed by atoms with Gasteiger partial charge in [0.05, 0.1) is 7.11 Å². The fourth-order valence-corrected chi connectivity index (χ4v) is 2.52. The Morgan fingerprint density at radius 1 is 0.880 bits per heavy atom. The Bertz CT molecular complexity index is 875. The van der Waals surface area contributed by atoms with Crippen molar-refractivity contribution >= 4 is 23.1 Å². The van der Waals surface area contributed by atoms with Crippen molar-refractivity contribution in [2.45, 2.75) is 20.8 Å². The Hall–Kier alpha value is -3.08. The lowest BCUT2D eigenvalue weighted by molar-refractivity contribution is 0.415. The predicted molar refractivity (Wildman–Crippen MR) is 102 cm³/mol. The smallest absolute Gasteiger partial charge is 0.229 e. The topological polar surface area (TPSA) is 59.1 Å². The number of hydrogen-bond donors (Lipinski definition) is 2. The minimum atomic E-state index is 0.554. The van der Waals surface area contributed by atoms with Crippen LogP contribution in [0.3, 0.4) is 0 Å². The average Bonchev–Trinajstić information content (AvgIpc) is 2.59. The second kappa shape index (κ2) is 7.21. The van der Waals surface area contributed by atoms with Crippen LogP contribution in [0.5, 0.6) is 5.75 Å². The summed E-state index contributed by atoms with van der Waals surface area (Å²) in [5.41, 5.74) is 5.30. The molecule has 0 atom stereocenters. The van der Waals surface area contributed by atoms with E-state index in [4.69, 9.17) is 4.74 Å². The second-order valence-electron chi connectivity index (χ2n) is 5.94. The molecule has 3 aromatic rings. The number of aryl methyl sites for hydroxylation is 2. The number of ether oxygens (including phenoxy) is 1. The lowest BCUT2D eigenvalue weighted by Gasteiger charge is -2.13. The lowest BCUT2D eigenvalue weighted by atomic mass is 10.1. The quantitative estimate of drug-likeness (QED) is 0.695. The highest BCUT2D eigenvalue weighted by Gasteiger charge is 2.06. The Morgan fingerprint density at radius 3 is 2.36 bits per heavy atom. The summed E-state index contributed by atoms with van der Waals surface area (Å²) in [6.45, 7) is 6.15. The number of rotatable bonds is 5. The first-order valence-corrected chi connectivity index (χ1v) is 8.15. The van der Waals surface area contributed by atoms with E-state index in [-0.39, 0.29) is 0 Å². The van der Waals surface area contributed by atoms with Crippen LogP contribution in [-0.2, 0) is 0 Å². The first-order chi connectivity index (χ1) is 12.0. The zero-order valence-electron chi connectivity index (χ0n) is 14.9. The van der Waals surface area contributed by atoms with E-state index >= 15 is 0 Å². The molecule has 2 aromatic carbocycles. The average molecular weight is 334 g/mol. The van der Waals surface area contributed by atoms with Crippen molar-refractivity contribution in [1.82, 2.24) is 9.97 Å². The highest BCUT2D eigenvalue weighted by molar-refractivity contribution is 5.64. The zero-order chi connectivity index (χ0) is 17.8. The maximum Gasteiger partial charge on any atom is 0.229 e. The maximum absolute atomic E-state index is 5.18. The number of methoxy groups -OCH3 is 1. The third kappa shape index (κ3) is 4.07. The van der Waals surface area contributed by atoms with Gasteiger partial charge in [-0.3, -0.25) is 0 Å². The van der Waals surface area contributed by atoms with Gasteiger partial charge in [0.25, 0.3) is 0 Å². The second-order valence-corrected chi connectivity index (χ2v) is 5.94. The standard InChI is InChI=1S/C20H22N4O/c1-13-6-5-7-18(15(13)3)23-19-12-14(2)21-20(24-19)22-16-8-10-17(25-4)11-9-16/h5-12H,1-4H3,(H2,21,22,23,24). The van der Waals surface area contributed by atoms with E-state index in [1.165, 1.54) is 11.1 Å². The summed E-state index contributed by atoms with van der Waals surface area (Å²) in [6, 6.07) is 15.8. The van der Waals surface area contributed by atoms with Crippen LogP contribution in [-0.4, -0.2) is 17.1 Å². The zero-order valence-corrected chi connectivity index (χ0v) is 14.9. The minimum Gasteiger partial charge on any atom is -0.497 e. The molecule has 0 spiro atoms. The predicted octanol–water partition coefficient (Wildman–Crippen LogP) is 4.90. The molecule has 5 nitrogen and oxygen atoms in total. The van der Waals surface area contributed by atoms with Crippen molar-refractivity contribution < 1.29 is 4.74 Å². The molecular formula is C20H22N4O. The van der Waals surface area contributed by atoms with Crippen molar-refractivity contribution in [2.75, 3.05) is 17.7 Å². The lowest BCUT2D eigenvalue weighted by Crippen LogP contribution is -2.03. The van der Waals surface area contributed by atoms with E-state index in [0.29, 0.717) is 5.95 Å². The molecule has 25 heavy (non-hydrogen) atoms. The minimum absolute atomic E-state index is 0.554. The molecule has 0 saturated carbocycles. The maximum atomic E-state index is 5.18. The number of nitrogens with zero attached hydrogens (tertiary/aromatic N) is 2. The number of anilines is 4. The monoisotopic (exact) mass is 334 g/mol. The van der Waals surface area contributed by atoms with Gasteiger partial charge in [0.1, 0.15) is 11.6 Å². The Morgan fingerprint density at radius 2 is 1.64 bits per heavy atom. The van der Waals surface area contributed by atoms with Crippen LogP contribution in [0.4, 0.5) is 23.1 Å². The Labute approximate surface area is 148 Å². The molecule has 2 N–H and O–H groups in total. The number of hydrogen-bond acceptors (Lipinski definition) is 5. The number of nitrogens with one attached hydrogen (secondary N) is 2. The molecular weight excluding hydrogens is 312 g/mol. The summed E-state index contributed by atoms with van der Waals surface area (Å²) < 4.78 is 5.18. The summed E-state index contributed by atoms with van der Waals surface area (Å²) in [5.74, 6) is 2.13. The van der Waals surface area contributed by atoms with E-state index in [9.17, 15) is 0 Å². The van der Waals surface area contributed by atoms with Crippen molar-refractivity contribution in [3.8, 4) is 5.75 Å². The number of aromatic nitrogens is 2. The summed E-state index contributed by atoms with van der Waals surface area (Å²) in [6.07, 6.45) is 0. The SMILES string of the molecule is COc1ccc(Nc2nc(C)cc(Nc3cccc(C)c3C)n2)cc1. The molecule has 0 aliphatic rings. The van der Waals surface area contributed by atoms with Crippen LogP contribution in [0.1, 0.15) is 16.8 Å². The highest BCUT2D eigenvalue weighted by Crippen LogP contribution is 2.24. The third-order valence-electron chi connectivity index (χ3n) is 4.07. The summed E-state index contributed by atoms with van der Waals surface area (Å²) in [7, 11) is 1.65. The molecule has 5 heteroatoms. The van der Waals surface area contributed by atoms with Crippen molar-refractivity contribution in [3.63, 3.8) is 0 Å². The normalized spacial score (nSPS) is 10.4. The van der Waals surface area contributed by atoms with E-state index in [1.54, 1.807) is 7.11 Å². The molecule has 0 aliphatic carbocycles. The molecule has 128 valence electrons. The van der Waals surface area contributed by atoms with Gasteiger partial charge in [-0.2, -0.15) is 4.98 Å². The Kier molecular flexibility index (Phi) is 4.84. The molecule has 0 fully saturated rings. The van der Waals surface area contributed by atoms with E-state index in [1.807, 2.05) is 43.3 Å². The molecule has 0 unspecified atom stereocenters. The number of benzene rings is 2. The van der Waals surface area contributed by atoms with E-state index in [0.717, 1.165) is 28.6 Å². The Balaban J connectivity index is 1.83. The molecule has 0 amide bonds. The van der Waals surface area contributed by atoms with Crippen molar-refractivity contribution in [3.05, 3.63) is 65.4 Å². The van der Waals surface area contributed by atoms with Crippen molar-refractivity contribution in [1.29, 1.82) is 0 Å². The van der Waals surface area contributed by atoms with E-state index < -0.39 is 0 Å². The fourth-order valence-electron chi connectivity index (χ4n) is 2.52. The van der Waals surface area contributed by atoms with Gasteiger partial charge in [-0.1, -0.05) is 12.1 Å². The molecule has 0 radical (unpaired) electrons. The van der Waals surface area contributed by atoms with Crippen molar-refractivity contribution in [2.24, 2.45) is 0 Å². The van der Waals surface area contributed by atoms with Gasteiger partial charge >= 0.3 is 0 Å². The highest BCUT2D eigenvalue weighted by atomic mass is 16.5. The first-order valence-electron chi connectivity index (χ1n) is 8.15. The summed E-state index contributed by atoms with van der Waals surface area (Å²) in [5, 5.41) is 6.62. The molecule has 1 heterocycles. The summed E-state index contributed by atoms with van der Waals surface area (Å²) >= 11 is 0. The third-order valence-corrected chi connectivity index (χ3v) is 4.07. The molecule has 1 aromatic heterocycles. The molecule has 3 rings (SSSR count). The van der Waals surface area contributed by atoms with Crippen LogP contribution in [0.25, 0.3) is 0 Å². The van der Waals surface area contributed by atoms with Gasteiger partial charge in [-0.15, -0.1) is 0 Å². The van der Waals surface area contributed by atoms with Crippen LogP contribution in [0, 0.1) is 20.8 Å². The van der Waals surface area contributed by atoms with Crippen LogP contribution in [0.15, 0.2) is 48.5 Å². The van der Waals surface area contributed by atoms with Gasteiger partial charge in [0, 0.05) is 23.1 Å². The molecule has 0 aliphatic heterocycles. The van der Waals surface area contributed by atoms with Gasteiger partial charge in [0.15, 0.2) is 0 Å². The van der Waals surface area contributed by atoms with Gasteiger partial charge < -0.3 is 15.4 Å². The first kappa shape index (κ1) is 16.8. The van der Waals surface area contributed by atoms with Crippen LogP contribution in [0.2, 0.25) is 0 Å². The largest absolute Gasteiger partial charge is 0.497 e. The van der Waals surface area contributed by atoms with Crippen LogP contribution < -0.4 is 15.4 Å². The molecule has 0 saturated heterocycles. The van der Waals surface area contributed by atoms with Gasteiger partial charge in [-0.05, 0) is 62.2 Å². The van der Waals surface area contributed by atoms with Gasteiger partial charge in [0.2, 0.25) is 5.95 Å². The fraction of sp³-hybridized carbons (Fsp3) is 0.200.